The summed E-state index contributed by atoms with van der Waals surface area (Å²) in [6.45, 7) is 5.89. The normalized spacial score (nSPS) is 13.9. The molecule has 32 heavy (non-hydrogen) atoms. The molecule has 0 saturated carbocycles. The van der Waals surface area contributed by atoms with Gasteiger partial charge in [-0.05, 0) is 85.4 Å². The third kappa shape index (κ3) is 4.67. The van der Waals surface area contributed by atoms with Crippen LogP contribution in [0, 0.1) is 6.92 Å². The molecule has 2 N–H and O–H groups in total. The van der Waals surface area contributed by atoms with Crippen molar-refractivity contribution in [3.8, 4) is 11.3 Å². The number of nitrogens with zero attached hydrogens (tertiary/aromatic N) is 3. The molecule has 166 valence electrons. The second-order valence-corrected chi connectivity index (χ2v) is 11.0. The zero-order chi connectivity index (χ0) is 22.9. The van der Waals surface area contributed by atoms with Gasteiger partial charge in [0.15, 0.2) is 5.58 Å². The van der Waals surface area contributed by atoms with E-state index in [-0.39, 0.29) is 5.92 Å². The number of aryl methyl sites for hydroxylation is 1. The summed E-state index contributed by atoms with van der Waals surface area (Å²) in [7, 11) is -1.50. The molecule has 0 radical (unpaired) electrons. The monoisotopic (exact) mass is 512 g/mol. The first-order valence-electron chi connectivity index (χ1n) is 10.3. The highest BCUT2D eigenvalue weighted by Gasteiger charge is 2.32. The number of pyridine rings is 2. The lowest BCUT2D eigenvalue weighted by Gasteiger charge is -2.28. The summed E-state index contributed by atoms with van der Waals surface area (Å²) in [6.07, 6.45) is 2.98. The maximum Gasteiger partial charge on any atom is 0.167 e. The molecule has 4 aromatic rings. The summed E-state index contributed by atoms with van der Waals surface area (Å²) in [4.78, 5) is 9.48. The summed E-state index contributed by atoms with van der Waals surface area (Å²) in [6, 6.07) is 15.7. The molecule has 6 nitrogen and oxygen atoms in total. The van der Waals surface area contributed by atoms with Crippen LogP contribution in [0.5, 0.6) is 0 Å². The first-order valence-corrected chi connectivity index (χ1v) is 12.3. The number of fused-ring (bicyclic) bond motifs is 1. The van der Waals surface area contributed by atoms with E-state index in [1.165, 1.54) is 0 Å². The molecule has 0 aliphatic rings. The van der Waals surface area contributed by atoms with Crippen LogP contribution < -0.4 is 5.14 Å². The molecule has 3 aromatic heterocycles. The zero-order valence-electron chi connectivity index (χ0n) is 18.2. The van der Waals surface area contributed by atoms with Gasteiger partial charge in [-0.15, -0.1) is 0 Å². The molecule has 8 heteroatoms. The number of halogens is 1. The molecule has 0 aliphatic carbocycles. The average molecular weight is 513 g/mol. The summed E-state index contributed by atoms with van der Waals surface area (Å²) < 4.78 is 18.1. The lowest BCUT2D eigenvalue weighted by atomic mass is 9.85. The zero-order valence-corrected chi connectivity index (χ0v) is 20.6. The topological polar surface area (TPSA) is 94.9 Å². The minimum absolute atomic E-state index is 0.0790. The van der Waals surface area contributed by atoms with Gasteiger partial charge in [0, 0.05) is 28.8 Å². The third-order valence-corrected chi connectivity index (χ3v) is 7.45. The average Bonchev–Trinajstić information content (AvgIpc) is 3.19. The summed E-state index contributed by atoms with van der Waals surface area (Å²) >= 11 is 3.48. The van der Waals surface area contributed by atoms with Crippen molar-refractivity contribution in [3.05, 3.63) is 76.3 Å². The van der Waals surface area contributed by atoms with Crippen molar-refractivity contribution < 1.29 is 8.73 Å². The van der Waals surface area contributed by atoms with Crippen molar-refractivity contribution in [2.75, 3.05) is 0 Å². The highest BCUT2D eigenvalue weighted by atomic mass is 79.9. The standard InChI is InChI=1S/C24H25BrN4O2S/c1-15-10-11-21(25)28-19(15)13-16(14-24(2,3)32(26)30)22-18(8-6-12-27-22)23-17-7-4-5-9-20(17)31-29-23/h4-12,16H,13-14,26H2,1-3H3/t16-,32?/m0/s1. The second kappa shape index (κ2) is 9.21. The van der Waals surface area contributed by atoms with E-state index in [0.717, 1.165) is 43.8 Å². The molecule has 0 spiro atoms. The Morgan fingerprint density at radius 1 is 1.16 bits per heavy atom. The Labute approximate surface area is 198 Å². The minimum atomic E-state index is -1.50. The molecular formula is C24H25BrN4O2S. The Hall–Kier alpha value is -2.42. The Morgan fingerprint density at radius 3 is 2.72 bits per heavy atom. The summed E-state index contributed by atoms with van der Waals surface area (Å²) in [5, 5.41) is 11.1. The van der Waals surface area contributed by atoms with Crippen LogP contribution in [0.1, 0.15) is 43.1 Å². The quantitative estimate of drug-likeness (QED) is 0.331. The molecular weight excluding hydrogens is 488 g/mol. The van der Waals surface area contributed by atoms with Crippen molar-refractivity contribution in [3.63, 3.8) is 0 Å². The van der Waals surface area contributed by atoms with Crippen LogP contribution >= 0.6 is 15.9 Å². The second-order valence-electron chi connectivity index (χ2n) is 8.52. The lowest BCUT2D eigenvalue weighted by molar-refractivity contribution is 0.458. The predicted octanol–water partition coefficient (Wildman–Crippen LogP) is 5.47. The smallest absolute Gasteiger partial charge is 0.167 e. The molecule has 0 fully saturated rings. The Kier molecular flexibility index (Phi) is 6.55. The SMILES string of the molecule is Cc1ccc(Br)nc1C[C@@H](CC(C)(C)S(N)=O)c1ncccc1-c1noc2ccccc12. The summed E-state index contributed by atoms with van der Waals surface area (Å²) in [5.74, 6) is -0.0790. The molecule has 0 bridgehead atoms. The fourth-order valence-electron chi connectivity index (χ4n) is 3.95. The Bertz CT molecular complexity index is 1290. The van der Waals surface area contributed by atoms with Gasteiger partial charge in [-0.3, -0.25) is 10.1 Å². The van der Waals surface area contributed by atoms with Gasteiger partial charge < -0.3 is 4.52 Å². The molecule has 1 unspecified atom stereocenters. The van der Waals surface area contributed by atoms with Gasteiger partial charge in [-0.2, -0.15) is 0 Å². The number of hydrogen-bond donors (Lipinski definition) is 1. The van der Waals surface area contributed by atoms with E-state index >= 15 is 0 Å². The van der Waals surface area contributed by atoms with Gasteiger partial charge in [-0.1, -0.05) is 23.4 Å². The molecule has 0 amide bonds. The molecule has 2 atom stereocenters. The van der Waals surface area contributed by atoms with Crippen molar-refractivity contribution in [1.29, 1.82) is 0 Å². The van der Waals surface area contributed by atoms with Crippen molar-refractivity contribution in [2.24, 2.45) is 5.14 Å². The summed E-state index contributed by atoms with van der Waals surface area (Å²) in [5.41, 5.74) is 5.29. The van der Waals surface area contributed by atoms with E-state index in [1.54, 1.807) is 6.20 Å². The number of benzene rings is 1. The number of hydrogen-bond acceptors (Lipinski definition) is 5. The molecule has 3 heterocycles. The fourth-order valence-corrected chi connectivity index (χ4v) is 4.66. The Balaban J connectivity index is 1.84. The van der Waals surface area contributed by atoms with Crippen LogP contribution in [0.3, 0.4) is 0 Å². The predicted molar refractivity (Wildman–Crippen MR) is 131 cm³/mol. The molecule has 0 saturated heterocycles. The van der Waals surface area contributed by atoms with Gasteiger partial charge in [0.25, 0.3) is 0 Å². The van der Waals surface area contributed by atoms with Gasteiger partial charge in [0.1, 0.15) is 10.3 Å². The highest BCUT2D eigenvalue weighted by molar-refractivity contribution is 9.10. The minimum Gasteiger partial charge on any atom is -0.356 e. The fraction of sp³-hybridized carbons (Fsp3) is 0.292. The van der Waals surface area contributed by atoms with Gasteiger partial charge in [-0.25, -0.2) is 9.19 Å². The maximum absolute atomic E-state index is 12.3. The number of aromatic nitrogens is 3. The number of para-hydroxylation sites is 1. The van der Waals surface area contributed by atoms with Crippen LogP contribution in [-0.2, 0) is 17.4 Å². The van der Waals surface area contributed by atoms with Gasteiger partial charge >= 0.3 is 0 Å². The Morgan fingerprint density at radius 2 is 1.94 bits per heavy atom. The molecule has 1 aromatic carbocycles. The third-order valence-electron chi connectivity index (χ3n) is 5.75. The van der Waals surface area contributed by atoms with E-state index in [0.29, 0.717) is 12.8 Å². The largest absolute Gasteiger partial charge is 0.356 e. The number of nitrogens with two attached hydrogens (primary N) is 1. The maximum atomic E-state index is 12.3. The highest BCUT2D eigenvalue weighted by Crippen LogP contribution is 2.38. The van der Waals surface area contributed by atoms with E-state index < -0.39 is 15.7 Å². The van der Waals surface area contributed by atoms with Crippen molar-refractivity contribution >= 4 is 37.9 Å². The van der Waals surface area contributed by atoms with Crippen molar-refractivity contribution in [1.82, 2.24) is 15.1 Å². The van der Waals surface area contributed by atoms with Crippen LogP contribution in [0.2, 0.25) is 0 Å². The van der Waals surface area contributed by atoms with Gasteiger partial charge in [0.05, 0.1) is 21.4 Å². The van der Waals surface area contributed by atoms with E-state index in [4.69, 9.17) is 19.6 Å². The van der Waals surface area contributed by atoms with Crippen LogP contribution in [0.15, 0.2) is 63.9 Å². The molecule has 0 aliphatic heterocycles. The number of rotatable bonds is 7. The van der Waals surface area contributed by atoms with Crippen LogP contribution in [0.25, 0.3) is 22.2 Å². The van der Waals surface area contributed by atoms with E-state index in [9.17, 15) is 4.21 Å². The van der Waals surface area contributed by atoms with Crippen LogP contribution in [0.4, 0.5) is 0 Å². The van der Waals surface area contributed by atoms with Crippen molar-refractivity contribution in [2.45, 2.75) is 44.3 Å². The first-order chi connectivity index (χ1) is 15.3. The van der Waals surface area contributed by atoms with E-state index in [1.807, 2.05) is 69.3 Å². The lowest BCUT2D eigenvalue weighted by Crippen LogP contribution is -2.34. The van der Waals surface area contributed by atoms with Crippen LogP contribution in [-0.4, -0.2) is 24.1 Å². The first kappa shape index (κ1) is 22.8. The van der Waals surface area contributed by atoms with E-state index in [2.05, 4.69) is 21.1 Å². The molecule has 4 rings (SSSR count). The van der Waals surface area contributed by atoms with Gasteiger partial charge in [0.2, 0.25) is 0 Å².